The van der Waals surface area contributed by atoms with E-state index in [0.717, 1.165) is 18.2 Å². The van der Waals surface area contributed by atoms with Gasteiger partial charge in [-0.25, -0.2) is 4.98 Å². The number of benzene rings is 4. The van der Waals surface area contributed by atoms with Crippen molar-refractivity contribution in [2.45, 2.75) is 30.5 Å². The first-order chi connectivity index (χ1) is 24.7. The number of nitrogens with zero attached hydrogens (tertiary/aromatic N) is 8. The predicted octanol–water partition coefficient (Wildman–Crippen LogP) is 6.95. The van der Waals surface area contributed by atoms with Gasteiger partial charge in [-0.1, -0.05) is 45.2 Å². The summed E-state index contributed by atoms with van der Waals surface area (Å²) in [5.41, 5.74) is -0.926. The molecule has 278 valence electrons. The number of aromatic nitrogens is 3. The number of anilines is 2. The van der Waals surface area contributed by atoms with Crippen LogP contribution in [0.4, 0.5) is 34.4 Å². The van der Waals surface area contributed by atoms with Crippen LogP contribution in [0.5, 0.6) is 11.5 Å². The van der Waals surface area contributed by atoms with Crippen LogP contribution in [-0.2, 0) is 39.2 Å². The molecule has 0 fully saturated rings. The molecule has 0 aliphatic carbocycles. The van der Waals surface area contributed by atoms with E-state index >= 15 is 0 Å². The molecule has 0 aliphatic rings. The molecule has 0 saturated carbocycles. The number of aromatic hydroxyl groups is 2. The van der Waals surface area contributed by atoms with Crippen LogP contribution in [-0.4, -0.2) is 71.1 Å². The second-order valence-corrected chi connectivity index (χ2v) is 16.6. The standard InChI is InChI=1S/C29H24I2N8O11S3/c1-14-7-20(22(40)11-19(14)35-37-21-10-17(51(42,43)44)4-6-23(21)52(45,46)47)36-38-27-24(53(48,49)50)9-15-8-16(3-5-18(15)28(27)41)39(2)29-33-25(12-30)32-26(13-31)34-29/h3-11,40-41H,12-13H2,1-2H3,(H,42,43,44)(H,45,46,47)(H,48,49,50)/b37-35+,38-36+. The van der Waals surface area contributed by atoms with Crippen LogP contribution >= 0.6 is 45.2 Å². The first-order valence-electron chi connectivity index (χ1n) is 14.3. The smallest absolute Gasteiger partial charge is 0.296 e. The van der Waals surface area contributed by atoms with Gasteiger partial charge in [-0.15, -0.1) is 15.3 Å². The fourth-order valence-corrected chi connectivity index (χ4v) is 7.15. The van der Waals surface area contributed by atoms with E-state index in [1.54, 1.807) is 24.1 Å². The third-order valence-electron chi connectivity index (χ3n) is 7.28. The Hall–Kier alpha value is -4.06. The lowest BCUT2D eigenvalue weighted by Crippen LogP contribution is -2.16. The van der Waals surface area contributed by atoms with Crippen molar-refractivity contribution in [3.05, 3.63) is 71.8 Å². The van der Waals surface area contributed by atoms with Crippen LogP contribution in [0.25, 0.3) is 10.8 Å². The summed E-state index contributed by atoms with van der Waals surface area (Å²) in [6.45, 7) is 1.46. The molecule has 1 heterocycles. The van der Waals surface area contributed by atoms with Crippen molar-refractivity contribution >= 4 is 121 Å². The minimum atomic E-state index is -5.01. The van der Waals surface area contributed by atoms with Crippen molar-refractivity contribution in [3.8, 4) is 11.5 Å². The van der Waals surface area contributed by atoms with Gasteiger partial charge >= 0.3 is 0 Å². The normalized spacial score (nSPS) is 12.7. The Morgan fingerprint density at radius 2 is 1.28 bits per heavy atom. The molecule has 53 heavy (non-hydrogen) atoms. The number of rotatable bonds is 11. The van der Waals surface area contributed by atoms with Crippen molar-refractivity contribution in [2.24, 2.45) is 20.5 Å². The third kappa shape index (κ3) is 9.01. The lowest BCUT2D eigenvalue weighted by Gasteiger charge is -2.19. The Kier molecular flexibility index (Phi) is 11.6. The summed E-state index contributed by atoms with van der Waals surface area (Å²) >= 11 is 4.26. The SMILES string of the molecule is Cc1cc(/N=N/c2c(S(=O)(=O)O)cc3cc(N(C)c4nc(CI)nc(CI)n4)ccc3c2O)c(O)cc1/N=N/c1cc(S(=O)(=O)O)ccc1S(=O)(=O)O. The van der Waals surface area contributed by atoms with Crippen molar-refractivity contribution in [3.63, 3.8) is 0 Å². The molecule has 0 radical (unpaired) electrons. The fraction of sp³-hybridized carbons (Fsp3) is 0.138. The van der Waals surface area contributed by atoms with Gasteiger partial charge in [0.1, 0.15) is 44.3 Å². The molecule has 0 atom stereocenters. The number of halogens is 2. The molecular weight excluding hydrogens is 986 g/mol. The van der Waals surface area contributed by atoms with Crippen molar-refractivity contribution in [1.29, 1.82) is 0 Å². The second-order valence-electron chi connectivity index (χ2n) is 10.9. The molecule has 5 N–H and O–H groups in total. The molecule has 0 spiro atoms. The van der Waals surface area contributed by atoms with Gasteiger partial charge in [0.05, 0.1) is 19.4 Å². The van der Waals surface area contributed by atoms with E-state index in [4.69, 9.17) is 0 Å². The summed E-state index contributed by atoms with van der Waals surface area (Å²) in [7, 11) is -13.0. The molecular formula is C29H24I2N8O11S3. The summed E-state index contributed by atoms with van der Waals surface area (Å²) in [4.78, 5) is 12.6. The van der Waals surface area contributed by atoms with E-state index < -0.39 is 67.9 Å². The number of hydrogen-bond acceptors (Lipinski definition) is 16. The van der Waals surface area contributed by atoms with Crippen LogP contribution in [0.2, 0.25) is 0 Å². The Balaban J connectivity index is 1.53. The molecule has 0 amide bonds. The lowest BCUT2D eigenvalue weighted by molar-refractivity contribution is 0.471. The van der Waals surface area contributed by atoms with E-state index in [2.05, 4.69) is 80.6 Å². The monoisotopic (exact) mass is 1010 g/mol. The van der Waals surface area contributed by atoms with Gasteiger partial charge in [0.2, 0.25) is 5.95 Å². The third-order valence-corrected chi connectivity index (χ3v) is 11.3. The van der Waals surface area contributed by atoms with Gasteiger partial charge in [-0.05, 0) is 66.4 Å². The summed E-state index contributed by atoms with van der Waals surface area (Å²) in [6.07, 6.45) is 0. The zero-order valence-corrected chi connectivity index (χ0v) is 33.6. The number of fused-ring (bicyclic) bond motifs is 1. The van der Waals surface area contributed by atoms with Crippen LogP contribution < -0.4 is 4.90 Å². The Morgan fingerprint density at radius 1 is 0.679 bits per heavy atom. The molecule has 1 aromatic heterocycles. The average molecular weight is 1010 g/mol. The maximum atomic E-state index is 12.5. The maximum absolute atomic E-state index is 12.5. The molecule has 24 heteroatoms. The second kappa shape index (κ2) is 15.4. The number of phenolic OH excluding ortho intramolecular Hbond substituents is 2. The van der Waals surface area contributed by atoms with Gasteiger partial charge < -0.3 is 15.1 Å². The zero-order valence-electron chi connectivity index (χ0n) is 26.9. The van der Waals surface area contributed by atoms with Crippen LogP contribution in [0, 0.1) is 6.92 Å². The number of phenols is 2. The van der Waals surface area contributed by atoms with E-state index in [0.29, 0.717) is 44.3 Å². The van der Waals surface area contributed by atoms with Gasteiger partial charge in [-0.3, -0.25) is 13.7 Å². The van der Waals surface area contributed by atoms with E-state index in [9.17, 15) is 49.1 Å². The maximum Gasteiger partial charge on any atom is 0.296 e. The van der Waals surface area contributed by atoms with E-state index in [1.807, 2.05) is 0 Å². The minimum absolute atomic E-state index is 0.0962. The summed E-state index contributed by atoms with van der Waals surface area (Å²) in [6, 6.07) is 10.0. The average Bonchev–Trinajstić information content (AvgIpc) is 3.09. The predicted molar refractivity (Wildman–Crippen MR) is 206 cm³/mol. The number of azo groups is 2. The van der Waals surface area contributed by atoms with Crippen molar-refractivity contribution in [1.82, 2.24) is 15.0 Å². The summed E-state index contributed by atoms with van der Waals surface area (Å²) in [5, 5.41) is 37.4. The van der Waals surface area contributed by atoms with Crippen LogP contribution in [0.3, 0.4) is 0 Å². The first-order valence-corrected chi connectivity index (χ1v) is 21.7. The Morgan fingerprint density at radius 3 is 1.87 bits per heavy atom. The summed E-state index contributed by atoms with van der Waals surface area (Å²) < 4.78 is 102. The van der Waals surface area contributed by atoms with Crippen LogP contribution in [0.15, 0.2) is 89.7 Å². The Bertz CT molecular complexity index is 2680. The molecule has 19 nitrogen and oxygen atoms in total. The van der Waals surface area contributed by atoms with E-state index in [1.165, 1.54) is 19.1 Å². The van der Waals surface area contributed by atoms with Crippen molar-refractivity contribution in [2.75, 3.05) is 11.9 Å². The molecule has 0 saturated heterocycles. The lowest BCUT2D eigenvalue weighted by atomic mass is 10.1. The summed E-state index contributed by atoms with van der Waals surface area (Å²) in [5.74, 6) is 0.200. The van der Waals surface area contributed by atoms with Gasteiger partial charge in [0, 0.05) is 24.2 Å². The van der Waals surface area contributed by atoms with Gasteiger partial charge in [0.15, 0.2) is 5.75 Å². The highest BCUT2D eigenvalue weighted by Crippen LogP contribution is 2.44. The molecule has 5 aromatic rings. The van der Waals surface area contributed by atoms with Gasteiger partial charge in [0.25, 0.3) is 30.4 Å². The van der Waals surface area contributed by atoms with Crippen molar-refractivity contribution < 1.29 is 49.1 Å². The Labute approximate surface area is 328 Å². The topological polar surface area (TPSA) is 295 Å². The first kappa shape index (κ1) is 40.1. The van der Waals surface area contributed by atoms with Crippen LogP contribution in [0.1, 0.15) is 17.2 Å². The minimum Gasteiger partial charge on any atom is -0.506 e. The number of hydrogen-bond donors (Lipinski definition) is 5. The molecule has 0 unspecified atom stereocenters. The highest BCUT2D eigenvalue weighted by molar-refractivity contribution is 14.1. The molecule has 0 bridgehead atoms. The molecule has 4 aromatic carbocycles. The molecule has 0 aliphatic heterocycles. The number of aryl methyl sites for hydroxylation is 1. The molecule has 5 rings (SSSR count). The number of alkyl halides is 2. The highest BCUT2D eigenvalue weighted by atomic mass is 127. The van der Waals surface area contributed by atoms with Gasteiger partial charge in [-0.2, -0.15) is 40.3 Å². The fourth-order valence-electron chi connectivity index (χ4n) is 4.70. The zero-order chi connectivity index (χ0) is 39.0. The highest BCUT2D eigenvalue weighted by Gasteiger charge is 2.24. The quantitative estimate of drug-likeness (QED) is 0.0387. The van der Waals surface area contributed by atoms with E-state index in [-0.39, 0.29) is 27.7 Å². The largest absolute Gasteiger partial charge is 0.506 e.